The molecule has 0 bridgehead atoms. The molecule has 0 amide bonds. The molecule has 0 aliphatic heterocycles. The van der Waals surface area contributed by atoms with Gasteiger partial charge in [0.2, 0.25) is 5.82 Å². The summed E-state index contributed by atoms with van der Waals surface area (Å²) in [6.45, 7) is 0. The van der Waals surface area contributed by atoms with Crippen molar-refractivity contribution in [3.63, 3.8) is 0 Å². The third kappa shape index (κ3) is 2.13. The first kappa shape index (κ1) is 11.3. The van der Waals surface area contributed by atoms with E-state index in [4.69, 9.17) is 16.0 Å². The normalized spacial score (nSPS) is 10.5. The van der Waals surface area contributed by atoms with E-state index in [0.29, 0.717) is 23.1 Å². The molecule has 0 saturated carbocycles. The predicted octanol–water partition coefficient (Wildman–Crippen LogP) is 2.57. The van der Waals surface area contributed by atoms with E-state index in [0.717, 1.165) is 11.1 Å². The lowest BCUT2D eigenvalue weighted by molar-refractivity contribution is 0.432. The van der Waals surface area contributed by atoms with Crippen molar-refractivity contribution in [3.8, 4) is 22.8 Å². The summed E-state index contributed by atoms with van der Waals surface area (Å²) >= 11 is 0. The van der Waals surface area contributed by atoms with Gasteiger partial charge in [-0.3, -0.25) is 0 Å². The minimum absolute atomic E-state index is 0.443. The van der Waals surface area contributed by atoms with E-state index in [2.05, 4.69) is 10.1 Å². The summed E-state index contributed by atoms with van der Waals surface area (Å²) in [5.41, 5.74) is 14.4. The second-order valence-electron chi connectivity index (χ2n) is 4.13. The average Bonchev–Trinajstić information content (AvgIpc) is 2.89. The Balaban J connectivity index is 2.00. The Bertz CT molecular complexity index is 703. The number of nitrogens with two attached hydrogens (primary N) is 2. The van der Waals surface area contributed by atoms with Crippen LogP contribution in [0.1, 0.15) is 0 Å². The highest BCUT2D eigenvalue weighted by molar-refractivity contribution is 5.72. The average molecular weight is 252 g/mol. The van der Waals surface area contributed by atoms with Crippen LogP contribution >= 0.6 is 0 Å². The first-order valence-electron chi connectivity index (χ1n) is 5.78. The molecular formula is C14H12N4O. The van der Waals surface area contributed by atoms with Gasteiger partial charge in [0.15, 0.2) is 0 Å². The van der Waals surface area contributed by atoms with Gasteiger partial charge < -0.3 is 16.0 Å². The number of nitrogens with zero attached hydrogens (tertiary/aromatic N) is 2. The topological polar surface area (TPSA) is 91.0 Å². The molecule has 0 unspecified atom stereocenters. The Hall–Kier alpha value is -2.82. The van der Waals surface area contributed by atoms with E-state index in [1.54, 1.807) is 18.2 Å². The largest absolute Gasteiger partial charge is 0.399 e. The van der Waals surface area contributed by atoms with Gasteiger partial charge >= 0.3 is 0 Å². The van der Waals surface area contributed by atoms with Gasteiger partial charge in [-0.15, -0.1) is 0 Å². The maximum atomic E-state index is 5.88. The van der Waals surface area contributed by atoms with Gasteiger partial charge in [-0.2, -0.15) is 4.98 Å². The van der Waals surface area contributed by atoms with Crippen LogP contribution in [-0.4, -0.2) is 10.1 Å². The molecule has 0 spiro atoms. The van der Waals surface area contributed by atoms with E-state index in [-0.39, 0.29) is 0 Å². The van der Waals surface area contributed by atoms with Crippen molar-refractivity contribution in [2.24, 2.45) is 0 Å². The van der Waals surface area contributed by atoms with E-state index in [9.17, 15) is 0 Å². The number of hydrogen-bond donors (Lipinski definition) is 2. The molecule has 5 heteroatoms. The minimum Gasteiger partial charge on any atom is -0.399 e. The quantitative estimate of drug-likeness (QED) is 0.684. The summed E-state index contributed by atoms with van der Waals surface area (Å²) in [6, 6.07) is 14.6. The molecule has 3 rings (SSSR count). The lowest BCUT2D eigenvalue weighted by atomic mass is 10.1. The monoisotopic (exact) mass is 252 g/mol. The Kier molecular flexibility index (Phi) is 2.64. The van der Waals surface area contributed by atoms with Crippen LogP contribution in [0.15, 0.2) is 53.1 Å². The highest BCUT2D eigenvalue weighted by Crippen LogP contribution is 2.26. The Morgan fingerprint density at radius 3 is 2.37 bits per heavy atom. The zero-order valence-corrected chi connectivity index (χ0v) is 10.1. The molecule has 1 heterocycles. The number of anilines is 2. The number of rotatable bonds is 2. The number of nitrogen functional groups attached to an aromatic ring is 2. The molecule has 0 saturated heterocycles. The van der Waals surface area contributed by atoms with Gasteiger partial charge in [-0.25, -0.2) is 0 Å². The van der Waals surface area contributed by atoms with E-state index in [1.165, 1.54) is 0 Å². The van der Waals surface area contributed by atoms with Crippen LogP contribution in [0.25, 0.3) is 22.8 Å². The highest BCUT2D eigenvalue weighted by atomic mass is 16.5. The van der Waals surface area contributed by atoms with Gasteiger partial charge in [0.25, 0.3) is 5.89 Å². The minimum atomic E-state index is 0.443. The molecule has 5 nitrogen and oxygen atoms in total. The van der Waals surface area contributed by atoms with Gasteiger partial charge in [0, 0.05) is 22.5 Å². The number of aromatic nitrogens is 2. The molecule has 0 aliphatic rings. The maximum absolute atomic E-state index is 5.88. The molecule has 2 aromatic carbocycles. The van der Waals surface area contributed by atoms with Crippen LogP contribution in [0.4, 0.5) is 11.4 Å². The van der Waals surface area contributed by atoms with Crippen LogP contribution in [0.5, 0.6) is 0 Å². The fourth-order valence-corrected chi connectivity index (χ4v) is 1.78. The number of hydrogen-bond acceptors (Lipinski definition) is 5. The molecule has 1 aromatic heterocycles. The van der Waals surface area contributed by atoms with E-state index in [1.807, 2.05) is 30.3 Å². The Morgan fingerprint density at radius 2 is 1.63 bits per heavy atom. The molecule has 3 aromatic rings. The lowest BCUT2D eigenvalue weighted by Gasteiger charge is -1.98. The number of para-hydroxylation sites is 1. The second kappa shape index (κ2) is 4.45. The lowest BCUT2D eigenvalue weighted by Crippen LogP contribution is -1.90. The Morgan fingerprint density at radius 1 is 0.895 bits per heavy atom. The van der Waals surface area contributed by atoms with Crippen molar-refractivity contribution in [2.45, 2.75) is 0 Å². The summed E-state index contributed by atoms with van der Waals surface area (Å²) in [5, 5.41) is 3.95. The van der Waals surface area contributed by atoms with Crippen molar-refractivity contribution in [2.75, 3.05) is 11.5 Å². The smallest absolute Gasteiger partial charge is 0.258 e. The van der Waals surface area contributed by atoms with E-state index < -0.39 is 0 Å². The van der Waals surface area contributed by atoms with Gasteiger partial charge in [0.1, 0.15) is 0 Å². The molecule has 94 valence electrons. The van der Waals surface area contributed by atoms with Crippen molar-refractivity contribution in [1.29, 1.82) is 0 Å². The second-order valence-corrected chi connectivity index (χ2v) is 4.13. The molecule has 19 heavy (non-hydrogen) atoms. The highest BCUT2D eigenvalue weighted by Gasteiger charge is 2.12. The Labute approximate surface area is 109 Å². The summed E-state index contributed by atoms with van der Waals surface area (Å²) in [6.07, 6.45) is 0. The van der Waals surface area contributed by atoms with Crippen LogP contribution in [0, 0.1) is 0 Å². The van der Waals surface area contributed by atoms with Gasteiger partial charge in [0.05, 0.1) is 0 Å². The first-order chi connectivity index (χ1) is 9.24. The molecule has 4 N–H and O–H groups in total. The zero-order chi connectivity index (χ0) is 13.2. The van der Waals surface area contributed by atoms with E-state index >= 15 is 0 Å². The van der Waals surface area contributed by atoms with Crippen LogP contribution in [0.2, 0.25) is 0 Å². The standard InChI is InChI=1S/C14H12N4O/c15-10-7-5-9(6-8-10)14-17-13(18-19-14)11-3-1-2-4-12(11)16/h1-8H,15-16H2. The molecule has 0 fully saturated rings. The van der Waals surface area contributed by atoms with Crippen LogP contribution in [0.3, 0.4) is 0 Å². The molecular weight excluding hydrogens is 240 g/mol. The summed E-state index contributed by atoms with van der Waals surface area (Å²) in [7, 11) is 0. The first-order valence-corrected chi connectivity index (χ1v) is 5.78. The predicted molar refractivity (Wildman–Crippen MR) is 74.0 cm³/mol. The van der Waals surface area contributed by atoms with Crippen molar-refractivity contribution >= 4 is 11.4 Å². The molecule has 0 aliphatic carbocycles. The SMILES string of the molecule is Nc1ccc(-c2nc(-c3ccccc3N)no2)cc1. The number of benzene rings is 2. The van der Waals surface area contributed by atoms with Gasteiger partial charge in [-0.1, -0.05) is 17.3 Å². The maximum Gasteiger partial charge on any atom is 0.258 e. The summed E-state index contributed by atoms with van der Waals surface area (Å²) in [5.74, 6) is 0.920. The summed E-state index contributed by atoms with van der Waals surface area (Å²) < 4.78 is 5.24. The third-order valence-electron chi connectivity index (χ3n) is 2.79. The molecule has 0 atom stereocenters. The van der Waals surface area contributed by atoms with Crippen molar-refractivity contribution in [3.05, 3.63) is 48.5 Å². The van der Waals surface area contributed by atoms with Crippen LogP contribution in [-0.2, 0) is 0 Å². The molecule has 0 radical (unpaired) electrons. The third-order valence-corrected chi connectivity index (χ3v) is 2.79. The fourth-order valence-electron chi connectivity index (χ4n) is 1.78. The zero-order valence-electron chi connectivity index (χ0n) is 10.1. The van der Waals surface area contributed by atoms with Gasteiger partial charge in [-0.05, 0) is 36.4 Å². The van der Waals surface area contributed by atoms with Crippen molar-refractivity contribution < 1.29 is 4.52 Å². The van der Waals surface area contributed by atoms with Crippen molar-refractivity contribution in [1.82, 2.24) is 10.1 Å². The fraction of sp³-hybridized carbons (Fsp3) is 0. The van der Waals surface area contributed by atoms with Crippen LogP contribution < -0.4 is 11.5 Å². The summed E-state index contributed by atoms with van der Waals surface area (Å²) in [4.78, 5) is 4.34.